The number of aromatic nitrogens is 1. The summed E-state index contributed by atoms with van der Waals surface area (Å²) in [4.78, 5) is 23.0. The highest BCUT2D eigenvalue weighted by Crippen LogP contribution is 2.37. The van der Waals surface area contributed by atoms with E-state index in [1.54, 1.807) is 13.1 Å². The second kappa shape index (κ2) is 3.77. The smallest absolute Gasteiger partial charge is 0.199 e. The van der Waals surface area contributed by atoms with Gasteiger partial charge in [0.2, 0.25) is 0 Å². The maximum atomic E-state index is 13.6. The van der Waals surface area contributed by atoms with E-state index >= 15 is 0 Å². The predicted molar refractivity (Wildman–Crippen MR) is 66.6 cm³/mol. The van der Waals surface area contributed by atoms with Gasteiger partial charge in [-0.1, -0.05) is 0 Å². The van der Waals surface area contributed by atoms with Crippen molar-refractivity contribution in [2.75, 3.05) is 0 Å². The summed E-state index contributed by atoms with van der Waals surface area (Å²) in [7, 11) is 0. The molecule has 4 heteroatoms. The number of halogens is 1. The third-order valence-corrected chi connectivity index (χ3v) is 3.48. The van der Waals surface area contributed by atoms with Crippen molar-refractivity contribution in [2.24, 2.45) is 0 Å². The molecule has 1 aliphatic carbocycles. The van der Waals surface area contributed by atoms with Crippen LogP contribution in [0.4, 0.5) is 4.39 Å². The van der Waals surface area contributed by atoms with Gasteiger partial charge in [-0.05, 0) is 31.9 Å². The Hall–Kier alpha value is -1.97. The van der Waals surface area contributed by atoms with Crippen LogP contribution in [0.5, 0.6) is 0 Å². The lowest BCUT2D eigenvalue weighted by atomic mass is 10.1. The number of pyridine rings is 1. The van der Waals surface area contributed by atoms with Gasteiger partial charge in [0, 0.05) is 23.2 Å². The first-order valence-electron chi connectivity index (χ1n) is 5.92. The van der Waals surface area contributed by atoms with E-state index in [1.165, 1.54) is 12.1 Å². The molecule has 0 aliphatic heterocycles. The largest absolute Gasteiger partial charge is 0.343 e. The van der Waals surface area contributed by atoms with Crippen LogP contribution in [0.1, 0.15) is 34.8 Å². The third kappa shape index (κ3) is 1.49. The summed E-state index contributed by atoms with van der Waals surface area (Å²) >= 11 is 0. The molecule has 1 fully saturated rings. The van der Waals surface area contributed by atoms with Crippen LogP contribution in [-0.4, -0.2) is 10.9 Å². The summed E-state index contributed by atoms with van der Waals surface area (Å²) in [6, 6.07) is 3.03. The Morgan fingerprint density at radius 3 is 2.72 bits per heavy atom. The van der Waals surface area contributed by atoms with Crippen molar-refractivity contribution in [3.63, 3.8) is 0 Å². The number of benzene rings is 1. The first-order valence-corrected chi connectivity index (χ1v) is 5.92. The molecule has 0 atom stereocenters. The zero-order chi connectivity index (χ0) is 12.9. The Kier molecular flexibility index (Phi) is 2.33. The predicted octanol–water partition coefficient (Wildman–Crippen LogP) is 2.60. The molecule has 1 saturated carbocycles. The molecular formula is C14H12FNO2. The van der Waals surface area contributed by atoms with Crippen molar-refractivity contribution in [1.29, 1.82) is 0 Å². The van der Waals surface area contributed by atoms with Gasteiger partial charge in [0.05, 0.1) is 11.1 Å². The highest BCUT2D eigenvalue weighted by atomic mass is 19.1. The van der Waals surface area contributed by atoms with Gasteiger partial charge >= 0.3 is 0 Å². The normalized spacial score (nSPS) is 15.0. The number of nitrogens with zero attached hydrogens (tertiary/aromatic N) is 1. The van der Waals surface area contributed by atoms with Crippen LogP contribution in [0.25, 0.3) is 10.9 Å². The summed E-state index contributed by atoms with van der Waals surface area (Å²) in [5.41, 5.74) is 0.905. The number of carbonyl (C=O) groups excluding carboxylic acids is 1. The molecule has 0 bridgehead atoms. The number of hydrogen-bond donors (Lipinski definition) is 0. The average molecular weight is 245 g/mol. The fourth-order valence-electron chi connectivity index (χ4n) is 2.34. The lowest BCUT2D eigenvalue weighted by Crippen LogP contribution is -2.15. The minimum absolute atomic E-state index is 0.139. The molecule has 0 spiro atoms. The van der Waals surface area contributed by atoms with Crippen molar-refractivity contribution in [1.82, 2.24) is 4.57 Å². The summed E-state index contributed by atoms with van der Waals surface area (Å²) in [5.74, 6) is -0.324. The van der Waals surface area contributed by atoms with Crippen LogP contribution < -0.4 is 5.43 Å². The standard InChI is InChI=1S/C14H12FNO2/c1-8-12(15)5-4-11-13(8)16(10-2-3-10)6-9(7-17)14(11)18/h4-7,10H,2-3H2,1H3. The molecule has 1 heterocycles. The number of aryl methyl sites for hydroxylation is 1. The van der Waals surface area contributed by atoms with E-state index < -0.39 is 0 Å². The fourth-order valence-corrected chi connectivity index (χ4v) is 2.34. The lowest BCUT2D eigenvalue weighted by Gasteiger charge is -2.13. The number of hydrogen-bond acceptors (Lipinski definition) is 2. The number of carbonyl (C=O) groups is 1. The van der Waals surface area contributed by atoms with Crippen LogP contribution in [0, 0.1) is 12.7 Å². The number of aldehydes is 1. The van der Waals surface area contributed by atoms with Gasteiger partial charge in [-0.3, -0.25) is 9.59 Å². The molecule has 0 unspecified atom stereocenters. The molecular weight excluding hydrogens is 233 g/mol. The second-order valence-corrected chi connectivity index (χ2v) is 4.74. The Labute approximate surface area is 103 Å². The SMILES string of the molecule is Cc1c(F)ccc2c(=O)c(C=O)cn(C3CC3)c12. The quantitative estimate of drug-likeness (QED) is 0.763. The Balaban J connectivity index is 2.50. The van der Waals surface area contributed by atoms with E-state index in [2.05, 4.69) is 0 Å². The summed E-state index contributed by atoms with van der Waals surface area (Å²) in [6.07, 6.45) is 4.14. The molecule has 1 aromatic heterocycles. The highest BCUT2D eigenvalue weighted by Gasteiger charge is 2.26. The summed E-state index contributed by atoms with van der Waals surface area (Å²) in [6.45, 7) is 1.66. The number of fused-ring (bicyclic) bond motifs is 1. The van der Waals surface area contributed by atoms with Gasteiger partial charge < -0.3 is 4.57 Å². The summed E-state index contributed by atoms with van der Waals surface area (Å²) in [5, 5.41) is 0.422. The van der Waals surface area contributed by atoms with E-state index in [0.717, 1.165) is 12.8 Å². The van der Waals surface area contributed by atoms with Crippen molar-refractivity contribution in [2.45, 2.75) is 25.8 Å². The van der Waals surface area contributed by atoms with Crippen molar-refractivity contribution in [3.05, 3.63) is 45.5 Å². The minimum atomic E-state index is -0.324. The zero-order valence-corrected chi connectivity index (χ0v) is 9.94. The molecule has 1 aliphatic rings. The number of rotatable bonds is 2. The van der Waals surface area contributed by atoms with E-state index in [4.69, 9.17) is 0 Å². The van der Waals surface area contributed by atoms with E-state index in [1.807, 2.05) is 4.57 Å². The highest BCUT2D eigenvalue weighted by molar-refractivity contribution is 5.88. The van der Waals surface area contributed by atoms with Crippen molar-refractivity contribution < 1.29 is 9.18 Å². The average Bonchev–Trinajstić information content (AvgIpc) is 3.18. The minimum Gasteiger partial charge on any atom is -0.343 e. The van der Waals surface area contributed by atoms with Gasteiger partial charge in [-0.2, -0.15) is 0 Å². The molecule has 1 aromatic carbocycles. The molecule has 2 aromatic rings. The molecule has 3 rings (SSSR count). The van der Waals surface area contributed by atoms with Gasteiger partial charge in [-0.15, -0.1) is 0 Å². The first-order chi connectivity index (χ1) is 8.63. The van der Waals surface area contributed by atoms with Crippen LogP contribution in [0.15, 0.2) is 23.1 Å². The van der Waals surface area contributed by atoms with Gasteiger partial charge in [0.15, 0.2) is 11.7 Å². The Bertz CT molecular complexity index is 714. The first kappa shape index (κ1) is 11.1. The van der Waals surface area contributed by atoms with Crippen LogP contribution in [0.3, 0.4) is 0 Å². The Morgan fingerprint density at radius 1 is 1.39 bits per heavy atom. The molecule has 0 saturated heterocycles. The van der Waals surface area contributed by atoms with E-state index in [0.29, 0.717) is 22.8 Å². The van der Waals surface area contributed by atoms with Crippen LogP contribution in [0.2, 0.25) is 0 Å². The van der Waals surface area contributed by atoms with Crippen LogP contribution >= 0.6 is 0 Å². The van der Waals surface area contributed by atoms with E-state index in [-0.39, 0.29) is 22.9 Å². The molecule has 18 heavy (non-hydrogen) atoms. The van der Waals surface area contributed by atoms with Gasteiger partial charge in [0.1, 0.15) is 5.82 Å². The topological polar surface area (TPSA) is 39.1 Å². The third-order valence-electron chi connectivity index (χ3n) is 3.48. The van der Waals surface area contributed by atoms with Crippen molar-refractivity contribution in [3.8, 4) is 0 Å². The van der Waals surface area contributed by atoms with Crippen LogP contribution in [-0.2, 0) is 0 Å². The molecule has 0 radical (unpaired) electrons. The second-order valence-electron chi connectivity index (χ2n) is 4.74. The molecule has 0 N–H and O–H groups in total. The fraction of sp³-hybridized carbons (Fsp3) is 0.286. The molecule has 92 valence electrons. The maximum absolute atomic E-state index is 13.6. The van der Waals surface area contributed by atoms with Crippen molar-refractivity contribution >= 4 is 17.2 Å². The lowest BCUT2D eigenvalue weighted by molar-refractivity contribution is 0.112. The molecule has 3 nitrogen and oxygen atoms in total. The maximum Gasteiger partial charge on any atom is 0.199 e. The Morgan fingerprint density at radius 2 is 2.11 bits per heavy atom. The molecule has 0 amide bonds. The zero-order valence-electron chi connectivity index (χ0n) is 9.94. The summed E-state index contributed by atoms with van der Waals surface area (Å²) < 4.78 is 15.5. The van der Waals surface area contributed by atoms with Gasteiger partial charge in [-0.25, -0.2) is 4.39 Å². The van der Waals surface area contributed by atoms with E-state index in [9.17, 15) is 14.0 Å². The monoisotopic (exact) mass is 245 g/mol. The van der Waals surface area contributed by atoms with Gasteiger partial charge in [0.25, 0.3) is 0 Å².